The van der Waals surface area contributed by atoms with E-state index in [4.69, 9.17) is 16.7 Å². The van der Waals surface area contributed by atoms with E-state index < -0.39 is 18.4 Å². The van der Waals surface area contributed by atoms with Gasteiger partial charge in [-0.3, -0.25) is 9.59 Å². The van der Waals surface area contributed by atoms with Crippen molar-refractivity contribution in [1.29, 1.82) is 0 Å². The number of aliphatic carboxylic acids is 1. The predicted molar refractivity (Wildman–Crippen MR) is 107 cm³/mol. The Balaban J connectivity index is 1.79. The lowest BCUT2D eigenvalue weighted by atomic mass is 10.2. The third-order valence-corrected chi connectivity index (χ3v) is 5.60. The summed E-state index contributed by atoms with van der Waals surface area (Å²) in [5.74, 6) is -2.28. The number of benzene rings is 1. The first-order chi connectivity index (χ1) is 13.9. The Labute approximate surface area is 172 Å². The Morgan fingerprint density at radius 3 is 2.90 bits per heavy atom. The molecule has 0 radical (unpaired) electrons. The van der Waals surface area contributed by atoms with Crippen molar-refractivity contribution in [2.45, 2.75) is 9.92 Å². The van der Waals surface area contributed by atoms with Gasteiger partial charge in [-0.25, -0.2) is 9.50 Å². The highest BCUT2D eigenvalue weighted by Crippen LogP contribution is 2.38. The molecule has 0 aliphatic carbocycles. The van der Waals surface area contributed by atoms with Gasteiger partial charge < -0.3 is 20.1 Å². The van der Waals surface area contributed by atoms with Gasteiger partial charge in [-0.2, -0.15) is 5.10 Å². The minimum Gasteiger partial charge on any atom is -0.507 e. The van der Waals surface area contributed by atoms with E-state index >= 15 is 0 Å². The van der Waals surface area contributed by atoms with Crippen LogP contribution in [0.25, 0.3) is 16.6 Å². The van der Waals surface area contributed by atoms with Crippen LogP contribution in [0.3, 0.4) is 0 Å². The molecule has 9 nitrogen and oxygen atoms in total. The Morgan fingerprint density at radius 1 is 1.34 bits per heavy atom. The molecule has 1 amide bonds. The molecule has 3 N–H and O–H groups in total. The largest absolute Gasteiger partial charge is 0.507 e. The van der Waals surface area contributed by atoms with Crippen molar-refractivity contribution in [2.75, 3.05) is 6.54 Å². The lowest BCUT2D eigenvalue weighted by Crippen LogP contribution is -2.29. The lowest BCUT2D eigenvalue weighted by molar-refractivity contribution is -0.135. The fourth-order valence-electron chi connectivity index (χ4n) is 3.05. The van der Waals surface area contributed by atoms with Crippen molar-refractivity contribution < 1.29 is 19.8 Å². The van der Waals surface area contributed by atoms with Crippen LogP contribution in [0.4, 0.5) is 0 Å². The summed E-state index contributed by atoms with van der Waals surface area (Å²) in [5, 5.41) is 27.6. The number of pyridine rings is 1. The van der Waals surface area contributed by atoms with E-state index in [1.807, 2.05) is 36.0 Å². The molecule has 0 unspecified atom stereocenters. The second-order valence-corrected chi connectivity index (χ2v) is 7.63. The second kappa shape index (κ2) is 7.30. The summed E-state index contributed by atoms with van der Waals surface area (Å²) >= 11 is 7.61. The van der Waals surface area contributed by atoms with Gasteiger partial charge in [0.05, 0.1) is 10.5 Å². The molecule has 11 heteroatoms. The van der Waals surface area contributed by atoms with Crippen molar-refractivity contribution in [2.24, 2.45) is 7.05 Å². The maximum Gasteiger partial charge on any atom is 0.322 e. The Bertz CT molecular complexity index is 1280. The monoisotopic (exact) mass is 431 g/mol. The maximum absolute atomic E-state index is 12.3. The third kappa shape index (κ3) is 3.36. The molecular weight excluding hydrogens is 418 g/mol. The van der Waals surface area contributed by atoms with Crippen molar-refractivity contribution in [1.82, 2.24) is 24.5 Å². The molecule has 0 saturated carbocycles. The predicted octanol–water partition coefficient (Wildman–Crippen LogP) is 2.55. The van der Waals surface area contributed by atoms with Crippen molar-refractivity contribution in [3.05, 3.63) is 47.4 Å². The number of carboxylic acids is 1. The van der Waals surface area contributed by atoms with Crippen LogP contribution in [-0.4, -0.2) is 47.8 Å². The Kier molecular flexibility index (Phi) is 4.81. The van der Waals surface area contributed by atoms with Crippen LogP contribution in [0.15, 0.2) is 46.7 Å². The smallest absolute Gasteiger partial charge is 0.322 e. The molecule has 1 aromatic carbocycles. The number of carbonyl (C=O) groups is 2. The normalized spacial score (nSPS) is 11.2. The fraction of sp³-hybridized carbons (Fsp3) is 0.111. The number of aryl methyl sites for hydroxylation is 1. The van der Waals surface area contributed by atoms with E-state index in [9.17, 15) is 14.7 Å². The SMILES string of the molecule is Cn1cc(Cl)c2cccc(Sc3cc(O)c(C(=O)NCC(=O)O)c4ncnn34)c21. The molecule has 3 heterocycles. The summed E-state index contributed by atoms with van der Waals surface area (Å²) in [4.78, 5) is 28.0. The molecule has 0 aliphatic rings. The van der Waals surface area contributed by atoms with Gasteiger partial charge >= 0.3 is 5.97 Å². The number of hydrogen-bond acceptors (Lipinski definition) is 6. The molecule has 0 atom stereocenters. The summed E-state index contributed by atoms with van der Waals surface area (Å²) in [5.41, 5.74) is 0.888. The zero-order valence-corrected chi connectivity index (χ0v) is 16.5. The third-order valence-electron chi connectivity index (χ3n) is 4.25. The van der Waals surface area contributed by atoms with Gasteiger partial charge in [0.2, 0.25) is 0 Å². The second-order valence-electron chi connectivity index (χ2n) is 6.16. The Morgan fingerprint density at radius 2 is 2.14 bits per heavy atom. The summed E-state index contributed by atoms with van der Waals surface area (Å²) in [6.07, 6.45) is 3.07. The van der Waals surface area contributed by atoms with Gasteiger partial charge in [-0.1, -0.05) is 35.5 Å². The van der Waals surface area contributed by atoms with Crippen molar-refractivity contribution in [3.63, 3.8) is 0 Å². The number of nitrogens with zero attached hydrogens (tertiary/aromatic N) is 4. The highest BCUT2D eigenvalue weighted by atomic mass is 35.5. The van der Waals surface area contributed by atoms with Gasteiger partial charge in [-0.15, -0.1) is 0 Å². The lowest BCUT2D eigenvalue weighted by Gasteiger charge is -2.11. The minimum atomic E-state index is -1.20. The maximum atomic E-state index is 12.3. The molecule has 0 fully saturated rings. The molecule has 4 rings (SSSR count). The van der Waals surface area contributed by atoms with Crippen LogP contribution in [0, 0.1) is 0 Å². The molecular formula is C18H14ClN5O4S. The van der Waals surface area contributed by atoms with Crippen molar-refractivity contribution in [3.8, 4) is 5.75 Å². The molecule has 0 aliphatic heterocycles. The van der Waals surface area contributed by atoms with Crippen LogP contribution in [0.5, 0.6) is 5.75 Å². The molecule has 0 spiro atoms. The molecule has 29 heavy (non-hydrogen) atoms. The number of carboxylic acid groups (broad SMARTS) is 1. The summed E-state index contributed by atoms with van der Waals surface area (Å²) in [6, 6.07) is 7.10. The highest BCUT2D eigenvalue weighted by molar-refractivity contribution is 7.99. The fourth-order valence-corrected chi connectivity index (χ4v) is 4.46. The van der Waals surface area contributed by atoms with Crippen molar-refractivity contribution >= 4 is 51.8 Å². The molecule has 4 aromatic rings. The minimum absolute atomic E-state index is 0.118. The van der Waals surface area contributed by atoms with Crippen LogP contribution in [0.1, 0.15) is 10.4 Å². The van der Waals surface area contributed by atoms with Gasteiger partial charge in [0.25, 0.3) is 5.91 Å². The number of nitrogens with one attached hydrogen (secondary N) is 1. The summed E-state index contributed by atoms with van der Waals surface area (Å²) < 4.78 is 3.33. The number of halogens is 1. The van der Waals surface area contributed by atoms with Crippen LogP contribution in [0.2, 0.25) is 5.02 Å². The number of amides is 1. The van der Waals surface area contributed by atoms with Crippen LogP contribution < -0.4 is 5.32 Å². The zero-order chi connectivity index (χ0) is 20.7. The van der Waals surface area contributed by atoms with Gasteiger partial charge in [0.1, 0.15) is 29.2 Å². The van der Waals surface area contributed by atoms with Crippen LogP contribution >= 0.6 is 23.4 Å². The van der Waals surface area contributed by atoms with Gasteiger partial charge in [-0.05, 0) is 6.07 Å². The zero-order valence-electron chi connectivity index (χ0n) is 15.0. The number of aromatic nitrogens is 4. The van der Waals surface area contributed by atoms with Gasteiger partial charge in [0.15, 0.2) is 5.65 Å². The number of rotatable bonds is 5. The quantitative estimate of drug-likeness (QED) is 0.444. The van der Waals surface area contributed by atoms with Crippen LogP contribution in [-0.2, 0) is 11.8 Å². The number of para-hydroxylation sites is 1. The summed E-state index contributed by atoms with van der Waals surface area (Å²) in [6.45, 7) is -0.578. The molecule has 3 aromatic heterocycles. The molecule has 0 saturated heterocycles. The number of fused-ring (bicyclic) bond motifs is 2. The summed E-state index contributed by atoms with van der Waals surface area (Å²) in [7, 11) is 1.89. The van der Waals surface area contributed by atoms with Gasteiger partial charge in [0, 0.05) is 29.6 Å². The van der Waals surface area contributed by atoms with E-state index in [0.717, 1.165) is 15.8 Å². The molecule has 148 valence electrons. The number of aromatic hydroxyl groups is 1. The van der Waals surface area contributed by atoms with E-state index in [1.165, 1.54) is 28.7 Å². The molecule has 0 bridgehead atoms. The highest BCUT2D eigenvalue weighted by Gasteiger charge is 2.22. The topological polar surface area (TPSA) is 122 Å². The first-order valence-corrected chi connectivity index (χ1v) is 9.53. The first-order valence-electron chi connectivity index (χ1n) is 8.34. The standard InChI is InChI=1S/C18H14ClN5O4S/c1-23-7-10(19)9-3-2-4-12(16(9)23)29-13-5-11(25)15(17-21-8-22-24(13)17)18(28)20-6-14(26)27/h2-5,7-8,25H,6H2,1H3,(H,20,28)(H,26,27). The van der Waals surface area contributed by atoms with E-state index in [0.29, 0.717) is 10.0 Å². The van der Waals surface area contributed by atoms with E-state index in [1.54, 1.807) is 0 Å². The number of hydrogen-bond donors (Lipinski definition) is 3. The van der Waals surface area contributed by atoms with E-state index in [-0.39, 0.29) is 17.0 Å². The average molecular weight is 432 g/mol. The van der Waals surface area contributed by atoms with E-state index in [2.05, 4.69) is 15.4 Å². The average Bonchev–Trinajstić information content (AvgIpc) is 3.25. The number of carbonyl (C=O) groups excluding carboxylic acids is 1. The Hall–Kier alpha value is -3.24. The first kappa shape index (κ1) is 19.1.